The third-order valence-electron chi connectivity index (χ3n) is 7.01. The predicted octanol–water partition coefficient (Wildman–Crippen LogP) is 4.05. The molecule has 0 spiro atoms. The van der Waals surface area contributed by atoms with Crippen LogP contribution in [0.1, 0.15) is 50.8 Å². The lowest BCUT2D eigenvalue weighted by Crippen LogP contribution is -2.53. The summed E-state index contributed by atoms with van der Waals surface area (Å²) in [4.78, 5) is 46.6. The number of benzene rings is 1. The molecule has 188 valence electrons. The van der Waals surface area contributed by atoms with Crippen molar-refractivity contribution in [3.63, 3.8) is 0 Å². The van der Waals surface area contributed by atoms with Crippen molar-refractivity contribution >= 4 is 41.0 Å². The van der Waals surface area contributed by atoms with Gasteiger partial charge in [0.2, 0.25) is 11.8 Å². The van der Waals surface area contributed by atoms with E-state index in [4.69, 9.17) is 0 Å². The van der Waals surface area contributed by atoms with Gasteiger partial charge in [-0.1, -0.05) is 51.2 Å². The maximum atomic E-state index is 13.4. The number of rotatable bonds is 4. The van der Waals surface area contributed by atoms with E-state index >= 15 is 0 Å². The fourth-order valence-corrected chi connectivity index (χ4v) is 6.34. The van der Waals surface area contributed by atoms with Crippen LogP contribution in [0.5, 0.6) is 0 Å². The number of carbonyl (C=O) groups excluding carboxylic acids is 3. The Balaban J connectivity index is 1.37. The van der Waals surface area contributed by atoms with Crippen molar-refractivity contribution < 1.29 is 14.4 Å². The van der Waals surface area contributed by atoms with Crippen molar-refractivity contribution in [1.29, 1.82) is 0 Å². The van der Waals surface area contributed by atoms with E-state index < -0.39 is 11.3 Å². The number of piperidine rings is 1. The summed E-state index contributed by atoms with van der Waals surface area (Å²) in [7, 11) is 0. The molecule has 0 aliphatic carbocycles. The number of urea groups is 1. The fourth-order valence-electron chi connectivity index (χ4n) is 5.10. The number of nitrogens with zero attached hydrogens (tertiary/aromatic N) is 3. The van der Waals surface area contributed by atoms with Gasteiger partial charge >= 0.3 is 6.03 Å². The second kappa shape index (κ2) is 9.28. The molecule has 1 fully saturated rings. The first kappa shape index (κ1) is 24.4. The molecule has 1 aromatic carbocycles. The van der Waals surface area contributed by atoms with Gasteiger partial charge in [-0.3, -0.25) is 14.5 Å². The van der Waals surface area contributed by atoms with Crippen molar-refractivity contribution in [2.45, 2.75) is 61.4 Å². The number of nitrogens with one attached hydrogen (secondary N) is 2. The van der Waals surface area contributed by atoms with Crippen LogP contribution < -0.4 is 15.5 Å². The number of aromatic nitrogens is 1. The summed E-state index contributed by atoms with van der Waals surface area (Å²) in [5, 5.41) is 6.39. The summed E-state index contributed by atoms with van der Waals surface area (Å²) in [6.07, 6.45) is 4.61. The fraction of sp³-hybridized carbons (Fsp3) is 0.407. The molecule has 3 aliphatic heterocycles. The first-order chi connectivity index (χ1) is 17.2. The second-order valence-corrected chi connectivity index (χ2v) is 11.6. The summed E-state index contributed by atoms with van der Waals surface area (Å²) in [6.45, 7) is 11.1. The average Bonchev–Trinajstić information content (AvgIpc) is 3.23. The van der Waals surface area contributed by atoms with E-state index in [9.17, 15) is 14.4 Å². The van der Waals surface area contributed by atoms with E-state index in [0.717, 1.165) is 34.8 Å². The SMILES string of the molecule is C=CC(=O)N1CCCC(NC(=O)[C@@H]2Sc3nccc4c3C2NC(=O)N4c2ccc(C(C)(C)C)cc2)C1. The van der Waals surface area contributed by atoms with Gasteiger partial charge < -0.3 is 15.5 Å². The molecule has 0 radical (unpaired) electrons. The van der Waals surface area contributed by atoms with Crippen LogP contribution in [0.2, 0.25) is 0 Å². The quantitative estimate of drug-likeness (QED) is 0.612. The van der Waals surface area contributed by atoms with Gasteiger partial charge in [0.05, 0.1) is 17.4 Å². The van der Waals surface area contributed by atoms with Crippen molar-refractivity contribution in [2.24, 2.45) is 0 Å². The number of hydrogen-bond donors (Lipinski definition) is 2. The third kappa shape index (κ3) is 4.36. The molecule has 0 bridgehead atoms. The number of carbonyl (C=O) groups is 3. The minimum atomic E-state index is -0.534. The number of likely N-dealkylation sites (tertiary alicyclic amines) is 1. The summed E-state index contributed by atoms with van der Waals surface area (Å²) in [6, 6.07) is 8.97. The number of amides is 4. The lowest BCUT2D eigenvalue weighted by Gasteiger charge is -2.35. The molecule has 36 heavy (non-hydrogen) atoms. The topological polar surface area (TPSA) is 94.6 Å². The summed E-state index contributed by atoms with van der Waals surface area (Å²) < 4.78 is 0. The van der Waals surface area contributed by atoms with Crippen LogP contribution in [0.3, 0.4) is 0 Å². The highest BCUT2D eigenvalue weighted by molar-refractivity contribution is 8.01. The molecular formula is C27H31N5O3S. The van der Waals surface area contributed by atoms with E-state index in [-0.39, 0.29) is 29.3 Å². The van der Waals surface area contributed by atoms with Crippen LogP contribution in [0.4, 0.5) is 16.2 Å². The molecule has 0 saturated carbocycles. The van der Waals surface area contributed by atoms with Crippen LogP contribution >= 0.6 is 11.8 Å². The van der Waals surface area contributed by atoms with E-state index in [1.165, 1.54) is 23.4 Å². The average molecular weight is 506 g/mol. The van der Waals surface area contributed by atoms with E-state index in [1.807, 2.05) is 30.3 Å². The molecule has 1 aromatic heterocycles. The van der Waals surface area contributed by atoms with Crippen molar-refractivity contribution in [3.8, 4) is 0 Å². The summed E-state index contributed by atoms with van der Waals surface area (Å²) in [5.41, 5.74) is 3.58. The Kier molecular flexibility index (Phi) is 6.28. The Morgan fingerprint density at radius 3 is 2.67 bits per heavy atom. The highest BCUT2D eigenvalue weighted by Crippen LogP contribution is 2.50. The summed E-state index contributed by atoms with van der Waals surface area (Å²) in [5.74, 6) is -0.282. The summed E-state index contributed by atoms with van der Waals surface area (Å²) >= 11 is 1.38. The standard InChI is InChI=1S/C27H31N5O3S/c1-5-20(33)31-14-6-7-17(15-31)29-24(34)23-22-21-19(12-13-28-25(21)36-23)32(26(35)30-22)18-10-8-16(9-11-18)27(2,3)4/h5,8-13,17,22-23H,1,6-7,14-15H2,2-4H3,(H,29,34)(H,30,35)/t17?,22?,23-/m1/s1. The minimum absolute atomic E-state index is 0.0112. The molecule has 3 aliphatic rings. The first-order valence-corrected chi connectivity index (χ1v) is 13.1. The highest BCUT2D eigenvalue weighted by atomic mass is 32.2. The number of hydrogen-bond acceptors (Lipinski definition) is 5. The molecule has 2 unspecified atom stereocenters. The Bertz CT molecular complexity index is 1220. The molecule has 2 N–H and O–H groups in total. The van der Waals surface area contributed by atoms with E-state index in [2.05, 4.69) is 43.0 Å². The molecule has 5 rings (SSSR count). The lowest BCUT2D eigenvalue weighted by molar-refractivity contribution is -0.129. The predicted molar refractivity (Wildman–Crippen MR) is 140 cm³/mol. The molecule has 4 amide bonds. The van der Waals surface area contributed by atoms with Gasteiger partial charge in [-0.25, -0.2) is 9.78 Å². The first-order valence-electron chi connectivity index (χ1n) is 12.3. The van der Waals surface area contributed by atoms with E-state index in [0.29, 0.717) is 13.1 Å². The molecule has 9 heteroatoms. The van der Waals surface area contributed by atoms with Crippen molar-refractivity contribution in [3.05, 3.63) is 60.3 Å². The number of pyridine rings is 1. The maximum absolute atomic E-state index is 13.4. The van der Waals surface area contributed by atoms with Crippen LogP contribution in [-0.4, -0.2) is 52.1 Å². The molecule has 8 nitrogen and oxygen atoms in total. The smallest absolute Gasteiger partial charge is 0.327 e. The van der Waals surface area contributed by atoms with Crippen molar-refractivity contribution in [1.82, 2.24) is 20.5 Å². The molecular weight excluding hydrogens is 474 g/mol. The minimum Gasteiger partial charge on any atom is -0.351 e. The monoisotopic (exact) mass is 505 g/mol. The highest BCUT2D eigenvalue weighted by Gasteiger charge is 2.47. The number of thioether (sulfide) groups is 1. The van der Waals surface area contributed by atoms with E-state index in [1.54, 1.807) is 16.0 Å². The normalized spacial score (nSPS) is 23.1. The van der Waals surface area contributed by atoms with Gasteiger partial charge in [-0.05, 0) is 48.1 Å². The molecule has 2 aromatic rings. The van der Waals surface area contributed by atoms with Gasteiger partial charge in [0.1, 0.15) is 10.3 Å². The molecule has 1 saturated heterocycles. The van der Waals surface area contributed by atoms with Crippen molar-refractivity contribution in [2.75, 3.05) is 18.0 Å². The van der Waals surface area contributed by atoms with Crippen LogP contribution in [-0.2, 0) is 15.0 Å². The Labute approximate surface area is 215 Å². The third-order valence-corrected chi connectivity index (χ3v) is 8.30. The zero-order valence-corrected chi connectivity index (χ0v) is 21.6. The van der Waals surface area contributed by atoms with Gasteiger partial charge in [0, 0.05) is 30.9 Å². The van der Waals surface area contributed by atoms with Gasteiger partial charge in [0.15, 0.2) is 0 Å². The largest absolute Gasteiger partial charge is 0.351 e. The zero-order valence-electron chi connectivity index (χ0n) is 20.8. The number of anilines is 2. The Morgan fingerprint density at radius 2 is 1.97 bits per heavy atom. The molecule has 3 atom stereocenters. The maximum Gasteiger partial charge on any atom is 0.327 e. The zero-order chi connectivity index (χ0) is 25.6. The van der Waals surface area contributed by atoms with Crippen LogP contribution in [0.15, 0.2) is 54.2 Å². The van der Waals surface area contributed by atoms with Crippen LogP contribution in [0.25, 0.3) is 0 Å². The second-order valence-electron chi connectivity index (χ2n) is 10.5. The van der Waals surface area contributed by atoms with Gasteiger partial charge in [0.25, 0.3) is 0 Å². The molecule has 4 heterocycles. The lowest BCUT2D eigenvalue weighted by atomic mass is 9.87. The Hall–Kier alpha value is -3.33. The van der Waals surface area contributed by atoms with Gasteiger partial charge in [-0.15, -0.1) is 0 Å². The van der Waals surface area contributed by atoms with Gasteiger partial charge in [-0.2, -0.15) is 0 Å². The Morgan fingerprint density at radius 1 is 1.22 bits per heavy atom. The van der Waals surface area contributed by atoms with Crippen LogP contribution in [0, 0.1) is 0 Å².